The van der Waals surface area contributed by atoms with Crippen LogP contribution in [0.3, 0.4) is 0 Å². The van der Waals surface area contributed by atoms with Crippen molar-refractivity contribution in [3.8, 4) is 0 Å². The molecule has 1 unspecified atom stereocenters. The Morgan fingerprint density at radius 2 is 1.65 bits per heavy atom. The van der Waals surface area contributed by atoms with Gasteiger partial charge in [0.1, 0.15) is 0 Å². The third-order valence-electron chi connectivity index (χ3n) is 4.35. The van der Waals surface area contributed by atoms with Crippen LogP contribution in [0.1, 0.15) is 26.7 Å². The smallest absolute Gasteiger partial charge is 0.0110 e. The lowest BCUT2D eigenvalue weighted by Crippen LogP contribution is -2.48. The van der Waals surface area contributed by atoms with Crippen LogP contribution >= 0.6 is 12.6 Å². The summed E-state index contributed by atoms with van der Waals surface area (Å²) >= 11 is 4.49. The zero-order valence-corrected chi connectivity index (χ0v) is 12.3. The molecular weight excluding hydrogens is 228 g/mol. The van der Waals surface area contributed by atoms with Crippen LogP contribution in [-0.2, 0) is 0 Å². The molecule has 0 N–H and O–H groups in total. The van der Waals surface area contributed by atoms with Gasteiger partial charge in [-0.15, -0.1) is 0 Å². The Hall–Kier alpha value is 0.270. The van der Waals surface area contributed by atoms with Crippen LogP contribution in [0.15, 0.2) is 0 Å². The number of hydrogen-bond acceptors (Lipinski definition) is 3. The summed E-state index contributed by atoms with van der Waals surface area (Å²) in [5, 5.41) is 0. The predicted molar refractivity (Wildman–Crippen MR) is 77.8 cm³/mol. The lowest BCUT2D eigenvalue weighted by atomic mass is 9.97. The third kappa shape index (κ3) is 4.46. The van der Waals surface area contributed by atoms with Crippen molar-refractivity contribution < 1.29 is 0 Å². The highest BCUT2D eigenvalue weighted by atomic mass is 32.1. The summed E-state index contributed by atoms with van der Waals surface area (Å²) in [7, 11) is 0. The number of nitrogens with zero attached hydrogens (tertiary/aromatic N) is 2. The molecule has 2 nitrogen and oxygen atoms in total. The molecule has 1 aliphatic carbocycles. The summed E-state index contributed by atoms with van der Waals surface area (Å²) in [6.45, 7) is 12.4. The highest BCUT2D eigenvalue weighted by Crippen LogP contribution is 2.30. The van der Waals surface area contributed by atoms with Gasteiger partial charge in [-0.1, -0.05) is 13.8 Å². The molecular formula is C14H28N2S. The molecule has 0 spiro atoms. The van der Waals surface area contributed by atoms with Crippen LogP contribution in [0, 0.1) is 17.8 Å². The standard InChI is InChI=1S/C14H28N2S/c1-12(2)14(11-17)10-16-7-5-15(6-8-16)9-13-3-4-13/h12-14,17H,3-11H2,1-2H3. The van der Waals surface area contributed by atoms with Crippen LogP contribution in [0.2, 0.25) is 0 Å². The Labute approximate surface area is 112 Å². The van der Waals surface area contributed by atoms with Crippen molar-refractivity contribution in [2.45, 2.75) is 26.7 Å². The SMILES string of the molecule is CC(C)C(CS)CN1CCN(CC2CC2)CC1. The number of thiol groups is 1. The van der Waals surface area contributed by atoms with Crippen molar-refractivity contribution in [3.05, 3.63) is 0 Å². The molecule has 1 saturated carbocycles. The van der Waals surface area contributed by atoms with E-state index in [0.717, 1.165) is 23.5 Å². The van der Waals surface area contributed by atoms with Crippen LogP contribution in [0.5, 0.6) is 0 Å². The molecule has 0 bridgehead atoms. The van der Waals surface area contributed by atoms with Crippen molar-refractivity contribution in [3.63, 3.8) is 0 Å². The molecule has 0 amide bonds. The zero-order valence-electron chi connectivity index (χ0n) is 11.4. The monoisotopic (exact) mass is 256 g/mol. The first-order chi connectivity index (χ1) is 8.19. The van der Waals surface area contributed by atoms with Crippen molar-refractivity contribution in [2.24, 2.45) is 17.8 Å². The molecule has 3 heteroatoms. The highest BCUT2D eigenvalue weighted by molar-refractivity contribution is 7.80. The molecule has 1 atom stereocenters. The van der Waals surface area contributed by atoms with Gasteiger partial charge in [0.25, 0.3) is 0 Å². The van der Waals surface area contributed by atoms with E-state index in [0.29, 0.717) is 0 Å². The summed E-state index contributed by atoms with van der Waals surface area (Å²) in [6, 6.07) is 0. The van der Waals surface area contributed by atoms with E-state index in [1.807, 2.05) is 0 Å². The molecule has 0 aromatic rings. The lowest BCUT2D eigenvalue weighted by Gasteiger charge is -2.37. The second kappa shape index (κ2) is 6.44. The molecule has 1 heterocycles. The quantitative estimate of drug-likeness (QED) is 0.728. The average Bonchev–Trinajstić information content (AvgIpc) is 3.11. The Morgan fingerprint density at radius 3 is 2.12 bits per heavy atom. The fourth-order valence-electron chi connectivity index (χ4n) is 2.63. The van der Waals surface area contributed by atoms with Gasteiger partial charge >= 0.3 is 0 Å². The maximum atomic E-state index is 4.49. The van der Waals surface area contributed by atoms with Crippen LogP contribution in [-0.4, -0.2) is 54.8 Å². The van der Waals surface area contributed by atoms with Gasteiger partial charge in [-0.05, 0) is 36.3 Å². The maximum Gasteiger partial charge on any atom is 0.0110 e. The van der Waals surface area contributed by atoms with Gasteiger partial charge in [-0.25, -0.2) is 0 Å². The molecule has 17 heavy (non-hydrogen) atoms. The topological polar surface area (TPSA) is 6.48 Å². The van der Waals surface area contributed by atoms with Gasteiger partial charge in [-0.3, -0.25) is 0 Å². The fourth-order valence-corrected chi connectivity index (χ4v) is 3.17. The van der Waals surface area contributed by atoms with Gasteiger partial charge in [0, 0.05) is 39.3 Å². The summed E-state index contributed by atoms with van der Waals surface area (Å²) in [5.74, 6) is 3.59. The largest absolute Gasteiger partial charge is 0.301 e. The van der Waals surface area contributed by atoms with Crippen molar-refractivity contribution >= 4 is 12.6 Å². The Bertz CT molecular complexity index is 220. The maximum absolute atomic E-state index is 4.49. The van der Waals surface area contributed by atoms with Crippen LogP contribution in [0.4, 0.5) is 0 Å². The minimum atomic E-state index is 0.758. The minimum absolute atomic E-state index is 0.758. The van der Waals surface area contributed by atoms with Crippen molar-refractivity contribution in [1.82, 2.24) is 9.80 Å². The predicted octanol–water partition coefficient (Wildman–Crippen LogP) is 2.22. The average molecular weight is 256 g/mol. The Balaban J connectivity index is 1.66. The van der Waals surface area contributed by atoms with E-state index in [2.05, 4.69) is 36.3 Å². The Kier molecular flexibility index (Phi) is 5.19. The molecule has 2 aliphatic rings. The van der Waals surface area contributed by atoms with Crippen molar-refractivity contribution in [1.29, 1.82) is 0 Å². The summed E-state index contributed by atoms with van der Waals surface area (Å²) in [5.41, 5.74) is 0. The van der Waals surface area contributed by atoms with E-state index in [9.17, 15) is 0 Å². The molecule has 1 aliphatic heterocycles. The molecule has 0 aromatic carbocycles. The van der Waals surface area contributed by atoms with Crippen LogP contribution in [0.25, 0.3) is 0 Å². The number of piperazine rings is 1. The lowest BCUT2D eigenvalue weighted by molar-refractivity contribution is 0.110. The third-order valence-corrected chi connectivity index (χ3v) is 4.82. The first kappa shape index (κ1) is 13.7. The number of hydrogen-bond donors (Lipinski definition) is 1. The summed E-state index contributed by atoms with van der Waals surface area (Å²) in [4.78, 5) is 5.31. The van der Waals surface area contributed by atoms with E-state index in [4.69, 9.17) is 0 Å². The normalized spacial score (nSPS) is 25.4. The fraction of sp³-hybridized carbons (Fsp3) is 1.00. The zero-order chi connectivity index (χ0) is 12.3. The second-order valence-electron chi connectivity index (χ2n) is 6.23. The van der Waals surface area contributed by atoms with Gasteiger partial charge < -0.3 is 9.80 Å². The first-order valence-corrected chi connectivity index (χ1v) is 7.88. The van der Waals surface area contributed by atoms with E-state index in [1.165, 1.54) is 52.1 Å². The van der Waals surface area contributed by atoms with Crippen LogP contribution < -0.4 is 0 Å². The molecule has 0 radical (unpaired) electrons. The minimum Gasteiger partial charge on any atom is -0.301 e. The van der Waals surface area contributed by atoms with E-state index < -0.39 is 0 Å². The van der Waals surface area contributed by atoms with Gasteiger partial charge in [-0.2, -0.15) is 12.6 Å². The molecule has 0 aromatic heterocycles. The highest BCUT2D eigenvalue weighted by Gasteiger charge is 2.27. The summed E-state index contributed by atoms with van der Waals surface area (Å²) in [6.07, 6.45) is 2.96. The molecule has 2 rings (SSSR count). The number of rotatable bonds is 6. The van der Waals surface area contributed by atoms with E-state index >= 15 is 0 Å². The summed E-state index contributed by atoms with van der Waals surface area (Å²) < 4.78 is 0. The second-order valence-corrected chi connectivity index (χ2v) is 6.60. The first-order valence-electron chi connectivity index (χ1n) is 7.24. The van der Waals surface area contributed by atoms with Gasteiger partial charge in [0.05, 0.1) is 0 Å². The Morgan fingerprint density at radius 1 is 1.06 bits per heavy atom. The molecule has 100 valence electrons. The van der Waals surface area contributed by atoms with Gasteiger partial charge in [0.2, 0.25) is 0 Å². The van der Waals surface area contributed by atoms with E-state index in [1.54, 1.807) is 0 Å². The van der Waals surface area contributed by atoms with Gasteiger partial charge in [0.15, 0.2) is 0 Å². The molecule has 2 fully saturated rings. The van der Waals surface area contributed by atoms with E-state index in [-0.39, 0.29) is 0 Å². The van der Waals surface area contributed by atoms with Crippen molar-refractivity contribution in [2.75, 3.05) is 45.0 Å². The molecule has 1 saturated heterocycles.